The quantitative estimate of drug-likeness (QED) is 0.0211. The summed E-state index contributed by atoms with van der Waals surface area (Å²) in [5.41, 5.74) is 0. The van der Waals surface area contributed by atoms with Crippen LogP contribution in [0.2, 0.25) is 0 Å². The molecule has 0 aliphatic rings. The average Bonchev–Trinajstić information content (AvgIpc) is 3.27. The lowest BCUT2D eigenvalue weighted by molar-refractivity contribution is -0.870. The summed E-state index contributed by atoms with van der Waals surface area (Å²) in [5, 5.41) is 0. The number of phosphoric acid groups is 1. The number of phosphoric ester groups is 1. The molecule has 0 radical (unpaired) electrons. The summed E-state index contributed by atoms with van der Waals surface area (Å²) in [5.74, 6) is -0.821. The van der Waals surface area contributed by atoms with Gasteiger partial charge in [0.05, 0.1) is 27.7 Å². The lowest BCUT2D eigenvalue weighted by Crippen LogP contribution is -2.37. The maximum absolute atomic E-state index is 12.8. The summed E-state index contributed by atoms with van der Waals surface area (Å²) in [4.78, 5) is 35.6. The predicted octanol–water partition coefficient (Wildman–Crippen LogP) is 15.9. The molecule has 0 bridgehead atoms. The van der Waals surface area contributed by atoms with Crippen LogP contribution in [0, 0.1) is 0 Å². The number of ether oxygens (including phenoxy) is 2. The van der Waals surface area contributed by atoms with Crippen LogP contribution in [0.3, 0.4) is 0 Å². The minimum absolute atomic E-state index is 0.0244. The van der Waals surface area contributed by atoms with Gasteiger partial charge in [-0.1, -0.05) is 208 Å². The highest BCUT2D eigenvalue weighted by atomic mass is 31.2. The smallest absolute Gasteiger partial charge is 0.462 e. The number of rotatable bonds is 47. The highest BCUT2D eigenvalue weighted by molar-refractivity contribution is 7.47. The van der Waals surface area contributed by atoms with Gasteiger partial charge in [-0.15, -0.1) is 0 Å². The van der Waals surface area contributed by atoms with Gasteiger partial charge < -0.3 is 18.9 Å². The fourth-order valence-electron chi connectivity index (χ4n) is 6.88. The first-order valence-electron chi connectivity index (χ1n) is 26.3. The topological polar surface area (TPSA) is 108 Å². The second kappa shape index (κ2) is 47.3. The average molecular weight is 945 g/mol. The molecule has 9 nitrogen and oxygen atoms in total. The van der Waals surface area contributed by atoms with Crippen molar-refractivity contribution in [1.29, 1.82) is 0 Å². The standard InChI is InChI=1S/C56H98NO8P/c1-6-8-10-12-14-16-18-20-22-23-24-25-26-27-28-29-30-31-32-33-35-37-39-41-43-45-47-49-56(59)65-54(53-64-66(60,61)63-51-50-57(3,4)5)52-62-55(58)48-46-44-42-40-38-36-34-21-19-17-15-13-11-9-7-2/h8,10,14,16,20,22,24-25,27-28,30-31,33,35,54H,6-7,9,11-13,15,17-19,21,23,26,29,32,34,36-53H2,1-5H3/p+1/b10-8-,16-14-,22-20-,25-24-,28-27-,31-30-,35-33-. The van der Waals surface area contributed by atoms with E-state index >= 15 is 0 Å². The number of quaternary nitrogens is 1. The Morgan fingerprint density at radius 1 is 0.485 bits per heavy atom. The number of allylic oxidation sites excluding steroid dienone is 14. The zero-order valence-corrected chi connectivity index (χ0v) is 43.8. The number of unbranched alkanes of at least 4 members (excludes halogenated alkanes) is 19. The molecule has 1 N–H and O–H groups in total. The lowest BCUT2D eigenvalue weighted by Gasteiger charge is -2.24. The molecule has 0 saturated carbocycles. The first-order valence-corrected chi connectivity index (χ1v) is 27.8. The van der Waals surface area contributed by atoms with Crippen LogP contribution in [0.25, 0.3) is 0 Å². The number of hydrogen-bond donors (Lipinski definition) is 1. The molecule has 380 valence electrons. The van der Waals surface area contributed by atoms with Crippen LogP contribution in [0.1, 0.15) is 206 Å². The normalized spacial score (nSPS) is 14.1. The molecule has 0 heterocycles. The summed E-state index contributed by atoms with van der Waals surface area (Å²) < 4.78 is 34.4. The van der Waals surface area contributed by atoms with Gasteiger partial charge in [-0.3, -0.25) is 18.6 Å². The van der Waals surface area contributed by atoms with Crippen LogP contribution in [0.4, 0.5) is 0 Å². The first kappa shape index (κ1) is 63.2. The van der Waals surface area contributed by atoms with E-state index in [4.69, 9.17) is 18.5 Å². The summed E-state index contributed by atoms with van der Waals surface area (Å²) in [6.07, 6.45) is 62.0. The van der Waals surface area contributed by atoms with Crippen molar-refractivity contribution in [2.75, 3.05) is 47.5 Å². The lowest BCUT2D eigenvalue weighted by atomic mass is 10.0. The number of nitrogens with zero attached hydrogens (tertiary/aromatic N) is 1. The minimum Gasteiger partial charge on any atom is -0.462 e. The first-order chi connectivity index (χ1) is 32.0. The zero-order chi connectivity index (χ0) is 48.5. The summed E-state index contributed by atoms with van der Waals surface area (Å²) in [6.45, 7) is 4.29. The molecule has 0 amide bonds. The molecular formula is C56H99NO8P+. The Balaban J connectivity index is 4.29. The third kappa shape index (κ3) is 50.6. The molecule has 0 aromatic carbocycles. The van der Waals surface area contributed by atoms with E-state index in [1.807, 2.05) is 21.1 Å². The maximum Gasteiger partial charge on any atom is 0.472 e. The van der Waals surface area contributed by atoms with Crippen LogP contribution >= 0.6 is 7.82 Å². The maximum atomic E-state index is 12.8. The monoisotopic (exact) mass is 945 g/mol. The van der Waals surface area contributed by atoms with Crippen LogP contribution in [0.5, 0.6) is 0 Å². The van der Waals surface area contributed by atoms with Crippen molar-refractivity contribution in [3.8, 4) is 0 Å². The van der Waals surface area contributed by atoms with Crippen molar-refractivity contribution in [1.82, 2.24) is 0 Å². The predicted molar refractivity (Wildman–Crippen MR) is 279 cm³/mol. The molecule has 10 heteroatoms. The molecule has 66 heavy (non-hydrogen) atoms. The number of carbonyl (C=O) groups is 2. The molecule has 0 fully saturated rings. The van der Waals surface area contributed by atoms with Crippen LogP contribution < -0.4 is 0 Å². The third-order valence-electron chi connectivity index (χ3n) is 10.9. The van der Waals surface area contributed by atoms with Crippen molar-refractivity contribution >= 4 is 19.8 Å². The molecule has 0 aliphatic carbocycles. The van der Waals surface area contributed by atoms with E-state index in [9.17, 15) is 19.0 Å². The van der Waals surface area contributed by atoms with E-state index in [-0.39, 0.29) is 32.0 Å². The van der Waals surface area contributed by atoms with Gasteiger partial charge in [-0.05, 0) is 70.6 Å². The highest BCUT2D eigenvalue weighted by Gasteiger charge is 2.27. The largest absolute Gasteiger partial charge is 0.472 e. The van der Waals surface area contributed by atoms with E-state index in [0.29, 0.717) is 17.4 Å². The van der Waals surface area contributed by atoms with Gasteiger partial charge in [-0.25, -0.2) is 4.57 Å². The molecule has 2 unspecified atom stereocenters. The van der Waals surface area contributed by atoms with Gasteiger partial charge in [0.25, 0.3) is 0 Å². The summed E-state index contributed by atoms with van der Waals surface area (Å²) in [6, 6.07) is 0. The molecule has 0 aromatic heterocycles. The van der Waals surface area contributed by atoms with Crippen LogP contribution in [-0.4, -0.2) is 74.9 Å². The summed E-state index contributed by atoms with van der Waals surface area (Å²) in [7, 11) is 1.45. The summed E-state index contributed by atoms with van der Waals surface area (Å²) >= 11 is 0. The van der Waals surface area contributed by atoms with Gasteiger partial charge in [0.1, 0.15) is 19.8 Å². The Hall–Kier alpha value is -2.81. The molecule has 0 rings (SSSR count). The zero-order valence-electron chi connectivity index (χ0n) is 42.9. The van der Waals surface area contributed by atoms with E-state index in [1.54, 1.807) is 0 Å². The van der Waals surface area contributed by atoms with Gasteiger partial charge in [0.15, 0.2) is 6.10 Å². The molecule has 0 aliphatic heterocycles. The SMILES string of the molecule is CC/C=C\C/C=C\C/C=C\C/C=C\C/C=C\C/C=C\C/C=C\CCCCCCCC(=O)OC(COC(=O)CCCCCCCCCCCCCCCCC)COP(=O)(O)OCC[N+](C)(C)C. The Bertz CT molecular complexity index is 1390. The fourth-order valence-corrected chi connectivity index (χ4v) is 7.62. The van der Waals surface area contributed by atoms with Crippen molar-refractivity contribution < 1.29 is 42.1 Å². The number of esters is 2. The second-order valence-electron chi connectivity index (χ2n) is 18.5. The Morgan fingerprint density at radius 3 is 1.29 bits per heavy atom. The number of likely N-dealkylation sites (N-methyl/N-ethyl adjacent to an activating group) is 1. The number of hydrogen-bond acceptors (Lipinski definition) is 7. The molecular weight excluding hydrogens is 846 g/mol. The minimum atomic E-state index is -4.39. The van der Waals surface area contributed by atoms with Crippen molar-refractivity contribution in [2.24, 2.45) is 0 Å². The Labute approximate surface area is 405 Å². The Kier molecular flexibility index (Phi) is 45.3. The van der Waals surface area contributed by atoms with Gasteiger partial charge in [0, 0.05) is 12.8 Å². The van der Waals surface area contributed by atoms with E-state index in [0.717, 1.165) is 96.3 Å². The number of carbonyl (C=O) groups excluding carboxylic acids is 2. The van der Waals surface area contributed by atoms with E-state index in [1.165, 1.54) is 77.0 Å². The molecule has 0 aromatic rings. The highest BCUT2D eigenvalue weighted by Crippen LogP contribution is 2.43. The van der Waals surface area contributed by atoms with Crippen LogP contribution in [0.15, 0.2) is 85.1 Å². The van der Waals surface area contributed by atoms with Crippen LogP contribution in [-0.2, 0) is 32.7 Å². The fraction of sp³-hybridized carbons (Fsp3) is 0.714. The molecule has 0 spiro atoms. The van der Waals surface area contributed by atoms with Crippen molar-refractivity contribution in [3.05, 3.63) is 85.1 Å². The third-order valence-corrected chi connectivity index (χ3v) is 11.9. The van der Waals surface area contributed by atoms with Gasteiger partial charge in [0.2, 0.25) is 0 Å². The molecule has 2 atom stereocenters. The Morgan fingerprint density at radius 2 is 0.864 bits per heavy atom. The second-order valence-corrected chi connectivity index (χ2v) is 20.0. The van der Waals surface area contributed by atoms with Gasteiger partial charge >= 0.3 is 19.8 Å². The van der Waals surface area contributed by atoms with Crippen molar-refractivity contribution in [3.63, 3.8) is 0 Å². The van der Waals surface area contributed by atoms with E-state index < -0.39 is 26.5 Å². The van der Waals surface area contributed by atoms with E-state index in [2.05, 4.69) is 98.9 Å². The molecule has 0 saturated heterocycles. The van der Waals surface area contributed by atoms with Gasteiger partial charge in [-0.2, -0.15) is 0 Å². The van der Waals surface area contributed by atoms with Crippen molar-refractivity contribution in [2.45, 2.75) is 213 Å².